The number of amides is 1. The molecule has 0 spiro atoms. The van der Waals surface area contributed by atoms with E-state index in [0.29, 0.717) is 5.92 Å². The van der Waals surface area contributed by atoms with Crippen LogP contribution < -0.4 is 10.6 Å². The van der Waals surface area contributed by atoms with Crippen LogP contribution >= 0.6 is 0 Å². The smallest absolute Gasteiger partial charge is 0.237 e. The number of piperidine rings is 1. The van der Waals surface area contributed by atoms with Crippen LogP contribution in [0, 0.1) is 5.92 Å². The van der Waals surface area contributed by atoms with Gasteiger partial charge in [0.25, 0.3) is 0 Å². The topological polar surface area (TPSA) is 44.4 Å². The number of carbonyl (C=O) groups is 1. The lowest BCUT2D eigenvalue weighted by Crippen LogP contribution is -2.45. The van der Waals surface area contributed by atoms with Crippen LogP contribution in [0.2, 0.25) is 0 Å². The van der Waals surface area contributed by atoms with Crippen molar-refractivity contribution in [2.24, 2.45) is 5.92 Å². The molecule has 2 heterocycles. The SMILES string of the molecule is C/C=C/CN1CCCC(CNC(=O)C2CCCN2)C1. The van der Waals surface area contributed by atoms with Gasteiger partial charge in [-0.25, -0.2) is 0 Å². The van der Waals surface area contributed by atoms with Gasteiger partial charge in [-0.2, -0.15) is 0 Å². The molecule has 0 aliphatic carbocycles. The summed E-state index contributed by atoms with van der Waals surface area (Å²) in [6.45, 7) is 7.24. The molecule has 2 saturated heterocycles. The summed E-state index contributed by atoms with van der Waals surface area (Å²) in [7, 11) is 0. The van der Waals surface area contributed by atoms with Gasteiger partial charge in [-0.05, 0) is 51.6 Å². The second kappa shape index (κ2) is 7.65. The van der Waals surface area contributed by atoms with Crippen LogP contribution in [-0.2, 0) is 4.79 Å². The average molecular weight is 265 g/mol. The maximum atomic E-state index is 11.9. The van der Waals surface area contributed by atoms with Gasteiger partial charge in [0.15, 0.2) is 0 Å². The molecule has 19 heavy (non-hydrogen) atoms. The van der Waals surface area contributed by atoms with Gasteiger partial charge in [0.05, 0.1) is 6.04 Å². The Labute approximate surface area is 116 Å². The van der Waals surface area contributed by atoms with Gasteiger partial charge in [-0.15, -0.1) is 0 Å². The van der Waals surface area contributed by atoms with E-state index in [-0.39, 0.29) is 11.9 Å². The Morgan fingerprint density at radius 3 is 3.05 bits per heavy atom. The minimum Gasteiger partial charge on any atom is -0.354 e. The molecule has 0 radical (unpaired) electrons. The fourth-order valence-corrected chi connectivity index (χ4v) is 3.01. The summed E-state index contributed by atoms with van der Waals surface area (Å²) in [6.07, 6.45) is 8.92. The van der Waals surface area contributed by atoms with E-state index in [0.717, 1.165) is 39.0 Å². The lowest BCUT2D eigenvalue weighted by atomic mass is 9.98. The lowest BCUT2D eigenvalue weighted by Gasteiger charge is -2.32. The normalized spacial score (nSPS) is 28.9. The van der Waals surface area contributed by atoms with Crippen molar-refractivity contribution in [1.29, 1.82) is 0 Å². The molecular weight excluding hydrogens is 238 g/mol. The van der Waals surface area contributed by atoms with Crippen LogP contribution in [0.5, 0.6) is 0 Å². The van der Waals surface area contributed by atoms with E-state index in [1.165, 1.54) is 19.4 Å². The standard InChI is InChI=1S/C15H27N3O/c1-2-3-9-18-10-5-6-13(12-18)11-17-15(19)14-7-4-8-16-14/h2-3,13-14,16H,4-12H2,1H3,(H,17,19)/b3-2+. The highest BCUT2D eigenvalue weighted by Gasteiger charge is 2.24. The van der Waals surface area contributed by atoms with Gasteiger partial charge in [-0.1, -0.05) is 12.2 Å². The van der Waals surface area contributed by atoms with E-state index in [1.807, 2.05) is 0 Å². The van der Waals surface area contributed by atoms with Gasteiger partial charge in [0, 0.05) is 19.6 Å². The first-order valence-electron chi connectivity index (χ1n) is 7.64. The van der Waals surface area contributed by atoms with Crippen molar-refractivity contribution in [2.75, 3.05) is 32.7 Å². The van der Waals surface area contributed by atoms with Crippen LogP contribution in [0.3, 0.4) is 0 Å². The maximum Gasteiger partial charge on any atom is 0.237 e. The number of likely N-dealkylation sites (tertiary alicyclic amines) is 1. The minimum atomic E-state index is 0.0581. The zero-order chi connectivity index (χ0) is 13.5. The zero-order valence-electron chi connectivity index (χ0n) is 12.0. The molecular formula is C15H27N3O. The molecule has 108 valence electrons. The third-order valence-corrected chi connectivity index (χ3v) is 4.14. The van der Waals surface area contributed by atoms with E-state index in [9.17, 15) is 4.79 Å². The molecule has 2 unspecified atom stereocenters. The molecule has 0 aromatic carbocycles. The molecule has 4 nitrogen and oxygen atoms in total. The van der Waals surface area contributed by atoms with Gasteiger partial charge in [0.2, 0.25) is 5.91 Å². The molecule has 2 fully saturated rings. The van der Waals surface area contributed by atoms with E-state index in [4.69, 9.17) is 0 Å². The lowest BCUT2D eigenvalue weighted by molar-refractivity contribution is -0.123. The summed E-state index contributed by atoms with van der Waals surface area (Å²) in [5.41, 5.74) is 0. The monoisotopic (exact) mass is 265 g/mol. The fraction of sp³-hybridized carbons (Fsp3) is 0.800. The number of allylic oxidation sites excluding steroid dienone is 1. The second-order valence-corrected chi connectivity index (χ2v) is 5.73. The molecule has 2 rings (SSSR count). The third kappa shape index (κ3) is 4.62. The molecule has 0 saturated carbocycles. The Balaban J connectivity index is 1.68. The van der Waals surface area contributed by atoms with Crippen LogP contribution in [0.25, 0.3) is 0 Å². The quantitative estimate of drug-likeness (QED) is 0.733. The summed E-state index contributed by atoms with van der Waals surface area (Å²) in [5, 5.41) is 6.37. The third-order valence-electron chi connectivity index (χ3n) is 4.14. The molecule has 0 bridgehead atoms. The largest absolute Gasteiger partial charge is 0.354 e. The first kappa shape index (κ1) is 14.5. The highest BCUT2D eigenvalue weighted by Crippen LogP contribution is 2.15. The van der Waals surface area contributed by atoms with Gasteiger partial charge in [-0.3, -0.25) is 9.69 Å². The Morgan fingerprint density at radius 1 is 1.42 bits per heavy atom. The highest BCUT2D eigenvalue weighted by molar-refractivity contribution is 5.81. The molecule has 2 N–H and O–H groups in total. The van der Waals surface area contributed by atoms with E-state index < -0.39 is 0 Å². The molecule has 2 aliphatic heterocycles. The number of carbonyl (C=O) groups excluding carboxylic acids is 1. The first-order valence-corrected chi connectivity index (χ1v) is 7.64. The van der Waals surface area contributed by atoms with Crippen LogP contribution in [-0.4, -0.2) is 49.6 Å². The van der Waals surface area contributed by atoms with E-state index in [2.05, 4.69) is 34.6 Å². The van der Waals surface area contributed by atoms with Crippen molar-refractivity contribution >= 4 is 5.91 Å². The Kier molecular flexibility index (Phi) is 5.86. The second-order valence-electron chi connectivity index (χ2n) is 5.73. The predicted octanol–water partition coefficient (Wildman–Crippen LogP) is 1.14. The number of hydrogen-bond donors (Lipinski definition) is 2. The van der Waals surface area contributed by atoms with Crippen LogP contribution in [0.1, 0.15) is 32.6 Å². The number of rotatable bonds is 5. The molecule has 1 amide bonds. The Hall–Kier alpha value is -0.870. The molecule has 0 aromatic heterocycles. The van der Waals surface area contributed by atoms with E-state index in [1.54, 1.807) is 0 Å². The number of nitrogens with one attached hydrogen (secondary N) is 2. The van der Waals surface area contributed by atoms with Crippen LogP contribution in [0.4, 0.5) is 0 Å². The van der Waals surface area contributed by atoms with Crippen molar-refractivity contribution < 1.29 is 4.79 Å². The van der Waals surface area contributed by atoms with Gasteiger partial charge in [0.1, 0.15) is 0 Å². The van der Waals surface area contributed by atoms with E-state index >= 15 is 0 Å². The van der Waals surface area contributed by atoms with Crippen molar-refractivity contribution in [3.63, 3.8) is 0 Å². The number of nitrogens with zero attached hydrogens (tertiary/aromatic N) is 1. The summed E-state index contributed by atoms with van der Waals surface area (Å²) in [5.74, 6) is 0.812. The van der Waals surface area contributed by atoms with Crippen LogP contribution in [0.15, 0.2) is 12.2 Å². The zero-order valence-corrected chi connectivity index (χ0v) is 12.0. The van der Waals surface area contributed by atoms with Crippen molar-refractivity contribution in [2.45, 2.75) is 38.6 Å². The molecule has 0 aromatic rings. The maximum absolute atomic E-state index is 11.9. The molecule has 2 atom stereocenters. The first-order chi connectivity index (χ1) is 9.29. The van der Waals surface area contributed by atoms with Gasteiger partial charge >= 0.3 is 0 Å². The summed E-state index contributed by atoms with van der Waals surface area (Å²) >= 11 is 0. The van der Waals surface area contributed by atoms with Crippen molar-refractivity contribution in [3.05, 3.63) is 12.2 Å². The Bertz CT molecular complexity index is 311. The Morgan fingerprint density at radius 2 is 2.32 bits per heavy atom. The van der Waals surface area contributed by atoms with Crippen molar-refractivity contribution in [3.8, 4) is 0 Å². The summed E-state index contributed by atoms with van der Waals surface area (Å²) in [6, 6.07) is 0.0581. The molecule has 2 aliphatic rings. The fourth-order valence-electron chi connectivity index (χ4n) is 3.01. The minimum absolute atomic E-state index is 0.0581. The van der Waals surface area contributed by atoms with Crippen molar-refractivity contribution in [1.82, 2.24) is 15.5 Å². The molecule has 4 heteroatoms. The summed E-state index contributed by atoms with van der Waals surface area (Å²) in [4.78, 5) is 14.4. The highest BCUT2D eigenvalue weighted by atomic mass is 16.2. The number of hydrogen-bond acceptors (Lipinski definition) is 3. The summed E-state index contributed by atoms with van der Waals surface area (Å²) < 4.78 is 0. The average Bonchev–Trinajstić information content (AvgIpc) is 2.97. The predicted molar refractivity (Wildman–Crippen MR) is 78.0 cm³/mol. The van der Waals surface area contributed by atoms with Gasteiger partial charge < -0.3 is 10.6 Å².